The van der Waals surface area contributed by atoms with Gasteiger partial charge in [-0.3, -0.25) is 0 Å². The quantitative estimate of drug-likeness (QED) is 0.710. The van der Waals surface area contributed by atoms with Gasteiger partial charge in [0.1, 0.15) is 0 Å². The predicted molar refractivity (Wildman–Crippen MR) is 69.5 cm³/mol. The van der Waals surface area contributed by atoms with Crippen molar-refractivity contribution >= 4 is 33.2 Å². The van der Waals surface area contributed by atoms with Crippen LogP contribution in [0.3, 0.4) is 0 Å². The van der Waals surface area contributed by atoms with E-state index in [9.17, 15) is 0 Å². The molecule has 0 amide bonds. The minimum atomic E-state index is 0.415. The van der Waals surface area contributed by atoms with Gasteiger partial charge >= 0.3 is 0 Å². The first-order valence-corrected chi connectivity index (χ1v) is 6.33. The summed E-state index contributed by atoms with van der Waals surface area (Å²) in [6, 6.07) is 11.7. The number of thiazole rings is 1. The summed E-state index contributed by atoms with van der Waals surface area (Å²) in [7, 11) is 0. The van der Waals surface area contributed by atoms with E-state index in [-0.39, 0.29) is 0 Å². The highest BCUT2D eigenvalue weighted by molar-refractivity contribution is 7.18. The lowest BCUT2D eigenvalue weighted by Crippen LogP contribution is -1.93. The predicted octanol–water partition coefficient (Wildman–Crippen LogP) is 3.33. The number of para-hydroxylation sites is 1. The fourth-order valence-electron chi connectivity index (χ4n) is 1.59. The van der Waals surface area contributed by atoms with Crippen LogP contribution >= 0.6 is 22.9 Å². The van der Waals surface area contributed by atoms with Crippen LogP contribution in [0.1, 0.15) is 10.7 Å². The van der Waals surface area contributed by atoms with Crippen molar-refractivity contribution < 1.29 is 0 Å². The number of aromatic nitrogens is 3. The number of hydrogen-bond acceptors (Lipinski definition) is 4. The summed E-state index contributed by atoms with van der Waals surface area (Å²) in [5.41, 5.74) is 1.92. The average Bonchev–Trinajstić information content (AvgIpc) is 2.74. The van der Waals surface area contributed by atoms with E-state index >= 15 is 0 Å². The lowest BCUT2D eigenvalue weighted by molar-refractivity contribution is 0.933. The minimum Gasteiger partial charge on any atom is -0.241 e. The lowest BCUT2D eigenvalue weighted by atomic mass is 10.3. The van der Waals surface area contributed by atoms with Crippen LogP contribution in [-0.4, -0.2) is 15.2 Å². The highest BCUT2D eigenvalue weighted by Gasteiger charge is 2.05. The Labute approximate surface area is 107 Å². The third-order valence-electron chi connectivity index (χ3n) is 2.36. The molecule has 5 heteroatoms. The molecule has 3 nitrogen and oxygen atoms in total. The zero-order valence-corrected chi connectivity index (χ0v) is 10.4. The maximum Gasteiger partial charge on any atom is 0.151 e. The van der Waals surface area contributed by atoms with Gasteiger partial charge in [-0.05, 0) is 24.3 Å². The molecular weight excluding hydrogens is 254 g/mol. The summed E-state index contributed by atoms with van der Waals surface area (Å²) in [6.45, 7) is 0. The molecular formula is C12H8ClN3S. The van der Waals surface area contributed by atoms with Gasteiger partial charge in [-0.15, -0.1) is 16.4 Å². The molecule has 0 spiro atoms. The topological polar surface area (TPSA) is 38.7 Å². The van der Waals surface area contributed by atoms with Gasteiger partial charge in [0.15, 0.2) is 5.15 Å². The van der Waals surface area contributed by atoms with Crippen molar-refractivity contribution in [1.82, 2.24) is 15.2 Å². The second-order valence-electron chi connectivity index (χ2n) is 3.60. The van der Waals surface area contributed by atoms with Gasteiger partial charge in [-0.2, -0.15) is 5.10 Å². The first-order chi connectivity index (χ1) is 8.31. The fourth-order valence-corrected chi connectivity index (χ4v) is 2.67. The molecule has 0 aliphatic heterocycles. The van der Waals surface area contributed by atoms with E-state index < -0.39 is 0 Å². The summed E-state index contributed by atoms with van der Waals surface area (Å²) in [4.78, 5) is 4.55. The Morgan fingerprint density at radius 1 is 1.06 bits per heavy atom. The molecule has 17 heavy (non-hydrogen) atoms. The van der Waals surface area contributed by atoms with Crippen molar-refractivity contribution in [3.8, 4) is 0 Å². The molecule has 0 unspecified atom stereocenters. The van der Waals surface area contributed by atoms with Crippen molar-refractivity contribution in [1.29, 1.82) is 0 Å². The molecule has 0 N–H and O–H groups in total. The number of hydrogen-bond donors (Lipinski definition) is 0. The van der Waals surface area contributed by atoms with Crippen molar-refractivity contribution in [2.24, 2.45) is 0 Å². The highest BCUT2D eigenvalue weighted by atomic mass is 35.5. The molecule has 0 saturated carbocycles. The van der Waals surface area contributed by atoms with E-state index in [1.165, 1.54) is 4.70 Å². The molecule has 84 valence electrons. The second-order valence-corrected chi connectivity index (χ2v) is 5.10. The van der Waals surface area contributed by atoms with Crippen LogP contribution in [0.2, 0.25) is 5.15 Å². The van der Waals surface area contributed by atoms with Gasteiger partial charge in [0.25, 0.3) is 0 Å². The molecule has 3 rings (SSSR count). The Balaban J connectivity index is 1.92. The number of rotatable bonds is 2. The smallest absolute Gasteiger partial charge is 0.151 e. The van der Waals surface area contributed by atoms with Crippen LogP contribution < -0.4 is 0 Å². The van der Waals surface area contributed by atoms with Gasteiger partial charge in [-0.25, -0.2) is 4.98 Å². The molecule has 0 aliphatic carbocycles. The van der Waals surface area contributed by atoms with Gasteiger partial charge in [0, 0.05) is 6.42 Å². The molecule has 0 aliphatic rings. The van der Waals surface area contributed by atoms with Crippen LogP contribution in [0.15, 0.2) is 36.4 Å². The minimum absolute atomic E-state index is 0.415. The monoisotopic (exact) mass is 261 g/mol. The molecule has 2 aromatic heterocycles. The van der Waals surface area contributed by atoms with E-state index in [4.69, 9.17) is 11.6 Å². The Bertz CT molecular complexity index is 615. The van der Waals surface area contributed by atoms with Crippen LogP contribution in [0.25, 0.3) is 10.2 Å². The molecule has 0 atom stereocenters. The van der Waals surface area contributed by atoms with Crippen LogP contribution in [0.5, 0.6) is 0 Å². The SMILES string of the molecule is Clc1ccc(Cc2nc3ccccc3s2)nn1. The Hall–Kier alpha value is -1.52. The van der Waals surface area contributed by atoms with Gasteiger partial charge < -0.3 is 0 Å². The first kappa shape index (κ1) is 10.6. The average molecular weight is 262 g/mol. The van der Waals surface area contributed by atoms with E-state index in [1.54, 1.807) is 17.4 Å². The molecule has 2 heterocycles. The summed E-state index contributed by atoms with van der Waals surface area (Å²) < 4.78 is 1.20. The van der Waals surface area contributed by atoms with Crippen molar-refractivity contribution in [3.63, 3.8) is 0 Å². The zero-order valence-electron chi connectivity index (χ0n) is 8.80. The van der Waals surface area contributed by atoms with Crippen LogP contribution in [0.4, 0.5) is 0 Å². The third kappa shape index (κ3) is 2.28. The largest absolute Gasteiger partial charge is 0.241 e. The van der Waals surface area contributed by atoms with E-state index in [2.05, 4.69) is 21.2 Å². The van der Waals surface area contributed by atoms with E-state index in [0.717, 1.165) is 16.2 Å². The van der Waals surface area contributed by atoms with Gasteiger partial charge in [0.2, 0.25) is 0 Å². The Morgan fingerprint density at radius 2 is 1.94 bits per heavy atom. The molecule has 1 aromatic carbocycles. The van der Waals surface area contributed by atoms with Crippen LogP contribution in [-0.2, 0) is 6.42 Å². The maximum absolute atomic E-state index is 5.69. The summed E-state index contributed by atoms with van der Waals surface area (Å²) in [5, 5.41) is 9.31. The summed E-state index contributed by atoms with van der Waals surface area (Å²) in [6.07, 6.45) is 0.698. The van der Waals surface area contributed by atoms with Crippen LogP contribution in [0, 0.1) is 0 Å². The molecule has 3 aromatic rings. The lowest BCUT2D eigenvalue weighted by Gasteiger charge is -1.94. The van der Waals surface area contributed by atoms with Crippen molar-refractivity contribution in [3.05, 3.63) is 52.3 Å². The standard InChI is InChI=1S/C12H8ClN3S/c13-11-6-5-8(15-16-11)7-12-14-9-3-1-2-4-10(9)17-12/h1-6H,7H2. The van der Waals surface area contributed by atoms with Gasteiger partial charge in [-0.1, -0.05) is 23.7 Å². The summed E-state index contributed by atoms with van der Waals surface area (Å²) in [5.74, 6) is 0. The number of halogens is 1. The maximum atomic E-state index is 5.69. The van der Waals surface area contributed by atoms with Gasteiger partial charge in [0.05, 0.1) is 20.9 Å². The molecule has 0 bridgehead atoms. The van der Waals surface area contributed by atoms with E-state index in [1.807, 2.05) is 24.3 Å². The first-order valence-electron chi connectivity index (χ1n) is 5.14. The molecule has 0 fully saturated rings. The Kier molecular flexibility index (Phi) is 2.74. The number of nitrogens with zero attached hydrogens (tertiary/aromatic N) is 3. The van der Waals surface area contributed by atoms with Crippen molar-refractivity contribution in [2.45, 2.75) is 6.42 Å². The number of benzene rings is 1. The van der Waals surface area contributed by atoms with Crippen molar-refractivity contribution in [2.75, 3.05) is 0 Å². The fraction of sp³-hybridized carbons (Fsp3) is 0.0833. The second kappa shape index (κ2) is 4.39. The Morgan fingerprint density at radius 3 is 2.71 bits per heavy atom. The van der Waals surface area contributed by atoms with E-state index in [0.29, 0.717) is 11.6 Å². The summed E-state index contributed by atoms with van der Waals surface area (Å²) >= 11 is 7.38. The third-order valence-corrected chi connectivity index (χ3v) is 3.60. The number of fused-ring (bicyclic) bond motifs is 1. The molecule has 0 radical (unpaired) electrons. The highest BCUT2D eigenvalue weighted by Crippen LogP contribution is 2.23. The zero-order chi connectivity index (χ0) is 11.7. The normalized spacial score (nSPS) is 10.9. The molecule has 0 saturated heterocycles.